The number of anilines is 1. The van der Waals surface area contributed by atoms with Crippen molar-refractivity contribution in [3.63, 3.8) is 0 Å². The van der Waals surface area contributed by atoms with Crippen LogP contribution in [0.5, 0.6) is 0 Å². The summed E-state index contributed by atoms with van der Waals surface area (Å²) < 4.78 is 1.19. The van der Waals surface area contributed by atoms with Crippen molar-refractivity contribution in [1.29, 1.82) is 0 Å². The van der Waals surface area contributed by atoms with E-state index < -0.39 is 0 Å². The maximum absolute atomic E-state index is 12.9. The number of para-hydroxylation sites is 1. The topological polar surface area (TPSA) is 64.0 Å². The molecule has 0 aliphatic heterocycles. The monoisotopic (exact) mass is 389 g/mol. The van der Waals surface area contributed by atoms with Gasteiger partial charge in [0.05, 0.1) is 21.8 Å². The van der Waals surface area contributed by atoms with Crippen molar-refractivity contribution in [2.24, 2.45) is 0 Å². The van der Waals surface area contributed by atoms with Crippen LogP contribution in [-0.4, -0.2) is 15.7 Å². The van der Waals surface area contributed by atoms with Gasteiger partial charge < -0.3 is 5.32 Å². The third-order valence-electron chi connectivity index (χ3n) is 4.36. The van der Waals surface area contributed by atoms with Gasteiger partial charge in [-0.15, -0.1) is 0 Å². The number of rotatable bonds is 4. The number of nitrogens with one attached hydrogen (secondary N) is 1. The zero-order valence-electron chi connectivity index (χ0n) is 14.8. The molecule has 3 aromatic carbocycles. The second-order valence-corrected chi connectivity index (χ2v) is 6.66. The summed E-state index contributed by atoms with van der Waals surface area (Å²) in [5, 5.41) is 8.90. The van der Waals surface area contributed by atoms with Gasteiger partial charge in [-0.1, -0.05) is 72.3 Å². The van der Waals surface area contributed by atoms with E-state index in [1.165, 1.54) is 4.68 Å². The third kappa shape index (κ3) is 3.52. The molecular weight excluding hydrogens is 374 g/mol. The molecule has 0 aliphatic rings. The molecule has 0 fully saturated rings. The van der Waals surface area contributed by atoms with Gasteiger partial charge in [0.15, 0.2) is 0 Å². The summed E-state index contributed by atoms with van der Waals surface area (Å²) in [7, 11) is 0. The molecule has 0 bridgehead atoms. The number of hydrogen-bond donors (Lipinski definition) is 1. The van der Waals surface area contributed by atoms with Gasteiger partial charge in [-0.05, 0) is 18.2 Å². The van der Waals surface area contributed by atoms with Crippen molar-refractivity contribution in [3.8, 4) is 11.3 Å². The van der Waals surface area contributed by atoms with Crippen LogP contribution >= 0.6 is 11.6 Å². The summed E-state index contributed by atoms with van der Waals surface area (Å²) >= 11 is 6.09. The van der Waals surface area contributed by atoms with E-state index in [-0.39, 0.29) is 18.0 Å². The molecule has 1 amide bonds. The number of nitrogens with zero attached hydrogens (tertiary/aromatic N) is 2. The van der Waals surface area contributed by atoms with E-state index in [0.29, 0.717) is 21.8 Å². The molecule has 0 atom stereocenters. The molecule has 1 aromatic heterocycles. The molecule has 0 aliphatic carbocycles. The van der Waals surface area contributed by atoms with Gasteiger partial charge in [0, 0.05) is 10.9 Å². The molecule has 0 saturated heterocycles. The lowest BCUT2D eigenvalue weighted by Gasteiger charge is -2.12. The minimum absolute atomic E-state index is 0.214. The predicted molar refractivity (Wildman–Crippen MR) is 112 cm³/mol. The number of fused-ring (bicyclic) bond motifs is 1. The summed E-state index contributed by atoms with van der Waals surface area (Å²) in [5.41, 5.74) is 1.70. The van der Waals surface area contributed by atoms with Gasteiger partial charge in [-0.3, -0.25) is 9.59 Å². The van der Waals surface area contributed by atoms with E-state index in [1.807, 2.05) is 42.5 Å². The van der Waals surface area contributed by atoms with Gasteiger partial charge in [-0.2, -0.15) is 5.10 Å². The quantitative estimate of drug-likeness (QED) is 0.564. The van der Waals surface area contributed by atoms with Crippen molar-refractivity contribution in [1.82, 2.24) is 9.78 Å². The molecule has 1 heterocycles. The highest BCUT2D eigenvalue weighted by Gasteiger charge is 2.14. The van der Waals surface area contributed by atoms with Crippen LogP contribution in [0.3, 0.4) is 0 Å². The first kappa shape index (κ1) is 17.9. The lowest BCUT2D eigenvalue weighted by atomic mass is 10.1. The minimum atomic E-state index is -0.378. The highest BCUT2D eigenvalue weighted by molar-refractivity contribution is 6.33. The fourth-order valence-electron chi connectivity index (χ4n) is 3.04. The Labute approximate surface area is 166 Å². The Morgan fingerprint density at radius 2 is 1.54 bits per heavy atom. The predicted octanol–water partition coefficient (Wildman–Crippen LogP) is 4.36. The SMILES string of the molecule is O=C(Cn1nc(-c2ccccc2)c2ccccc2c1=O)Nc1ccccc1Cl. The zero-order chi connectivity index (χ0) is 19.5. The Hall–Kier alpha value is -3.44. The molecule has 1 N–H and O–H groups in total. The van der Waals surface area contributed by atoms with E-state index in [2.05, 4.69) is 10.4 Å². The summed E-state index contributed by atoms with van der Waals surface area (Å²) in [5.74, 6) is -0.378. The molecule has 4 rings (SSSR count). The van der Waals surface area contributed by atoms with Gasteiger partial charge in [-0.25, -0.2) is 4.68 Å². The highest BCUT2D eigenvalue weighted by Crippen LogP contribution is 2.24. The van der Waals surface area contributed by atoms with Gasteiger partial charge in [0.2, 0.25) is 5.91 Å². The number of halogens is 1. The van der Waals surface area contributed by atoms with E-state index >= 15 is 0 Å². The molecule has 28 heavy (non-hydrogen) atoms. The minimum Gasteiger partial charge on any atom is -0.323 e. The highest BCUT2D eigenvalue weighted by atomic mass is 35.5. The van der Waals surface area contributed by atoms with Crippen LogP contribution in [0.1, 0.15) is 0 Å². The maximum Gasteiger partial charge on any atom is 0.275 e. The Kier molecular flexibility index (Phi) is 4.91. The standard InChI is InChI=1S/C22H16ClN3O2/c23-18-12-6-7-13-19(18)24-20(27)14-26-22(28)17-11-5-4-10-16(17)21(25-26)15-8-2-1-3-9-15/h1-13H,14H2,(H,24,27). The van der Waals surface area contributed by atoms with Gasteiger partial charge in [0.1, 0.15) is 6.54 Å². The smallest absolute Gasteiger partial charge is 0.275 e. The summed E-state index contributed by atoms with van der Waals surface area (Å²) in [4.78, 5) is 25.4. The van der Waals surface area contributed by atoms with Crippen molar-refractivity contribution < 1.29 is 4.79 Å². The maximum atomic E-state index is 12.9. The molecular formula is C22H16ClN3O2. The van der Waals surface area contributed by atoms with Crippen LogP contribution in [0.15, 0.2) is 83.7 Å². The van der Waals surface area contributed by atoms with Crippen LogP contribution in [0.2, 0.25) is 5.02 Å². The van der Waals surface area contributed by atoms with E-state index in [4.69, 9.17) is 11.6 Å². The lowest BCUT2D eigenvalue weighted by Crippen LogP contribution is -2.30. The molecule has 0 spiro atoms. The molecule has 0 radical (unpaired) electrons. The molecule has 138 valence electrons. The van der Waals surface area contributed by atoms with Crippen LogP contribution in [0, 0.1) is 0 Å². The molecule has 6 heteroatoms. The van der Waals surface area contributed by atoms with Crippen molar-refractivity contribution in [2.45, 2.75) is 6.54 Å². The molecule has 0 unspecified atom stereocenters. The van der Waals surface area contributed by atoms with Crippen LogP contribution in [0.4, 0.5) is 5.69 Å². The Balaban J connectivity index is 1.75. The lowest BCUT2D eigenvalue weighted by molar-refractivity contribution is -0.117. The second kappa shape index (κ2) is 7.66. The van der Waals surface area contributed by atoms with E-state index in [0.717, 1.165) is 10.9 Å². The number of benzene rings is 3. The van der Waals surface area contributed by atoms with Crippen molar-refractivity contribution in [2.75, 3.05) is 5.32 Å². The molecule has 5 nitrogen and oxygen atoms in total. The van der Waals surface area contributed by atoms with Crippen molar-refractivity contribution in [3.05, 3.63) is 94.2 Å². The fraction of sp³-hybridized carbons (Fsp3) is 0.0455. The molecule has 0 saturated carbocycles. The summed E-state index contributed by atoms with van der Waals surface area (Å²) in [6, 6.07) is 23.8. The number of hydrogen-bond acceptors (Lipinski definition) is 3. The fourth-order valence-corrected chi connectivity index (χ4v) is 3.22. The Bertz CT molecular complexity index is 1220. The second-order valence-electron chi connectivity index (χ2n) is 6.25. The molecule has 4 aromatic rings. The van der Waals surface area contributed by atoms with Crippen LogP contribution in [-0.2, 0) is 11.3 Å². The Morgan fingerprint density at radius 1 is 0.893 bits per heavy atom. The van der Waals surface area contributed by atoms with E-state index in [9.17, 15) is 9.59 Å². The largest absolute Gasteiger partial charge is 0.323 e. The van der Waals surface area contributed by atoms with Crippen LogP contribution in [0.25, 0.3) is 22.0 Å². The first-order valence-corrected chi connectivity index (χ1v) is 9.11. The Morgan fingerprint density at radius 3 is 2.29 bits per heavy atom. The third-order valence-corrected chi connectivity index (χ3v) is 4.69. The number of carbonyl (C=O) groups is 1. The van der Waals surface area contributed by atoms with Gasteiger partial charge >= 0.3 is 0 Å². The average molecular weight is 390 g/mol. The average Bonchev–Trinajstić information content (AvgIpc) is 2.72. The van der Waals surface area contributed by atoms with E-state index in [1.54, 1.807) is 36.4 Å². The summed E-state index contributed by atoms with van der Waals surface area (Å²) in [6.07, 6.45) is 0. The number of carbonyl (C=O) groups excluding carboxylic acids is 1. The normalized spacial score (nSPS) is 10.8. The number of aromatic nitrogens is 2. The van der Waals surface area contributed by atoms with Crippen molar-refractivity contribution >= 4 is 34.0 Å². The zero-order valence-corrected chi connectivity index (χ0v) is 15.6. The number of amides is 1. The van der Waals surface area contributed by atoms with Gasteiger partial charge in [0.25, 0.3) is 5.56 Å². The first-order valence-electron chi connectivity index (χ1n) is 8.73. The van der Waals surface area contributed by atoms with Crippen LogP contribution < -0.4 is 10.9 Å². The first-order chi connectivity index (χ1) is 13.6. The summed E-state index contributed by atoms with van der Waals surface area (Å²) in [6.45, 7) is -0.214.